The van der Waals surface area contributed by atoms with Crippen LogP contribution in [0.25, 0.3) is 0 Å². The zero-order valence-corrected chi connectivity index (χ0v) is 9.79. The number of hydrogen-bond acceptors (Lipinski definition) is 3. The Bertz CT molecular complexity index is 370. The van der Waals surface area contributed by atoms with Gasteiger partial charge >= 0.3 is 0 Å². The summed E-state index contributed by atoms with van der Waals surface area (Å²) in [5, 5.41) is 3.22. The number of aromatic nitrogens is 2. The summed E-state index contributed by atoms with van der Waals surface area (Å²) in [6.07, 6.45) is 1.06. The van der Waals surface area contributed by atoms with Gasteiger partial charge in [-0.15, -0.1) is 0 Å². The molecule has 2 N–H and O–H groups in total. The molecule has 15 heavy (non-hydrogen) atoms. The molecule has 0 fully saturated rings. The maximum Gasteiger partial charge on any atom is 0.252 e. The SMILES string of the molecule is Cc1nc(NC(C)CC(C)C)cc(=O)[nH]1. The van der Waals surface area contributed by atoms with Crippen LogP contribution in [-0.4, -0.2) is 16.0 Å². The monoisotopic (exact) mass is 209 g/mol. The Morgan fingerprint density at radius 1 is 1.47 bits per heavy atom. The molecule has 0 bridgehead atoms. The van der Waals surface area contributed by atoms with Gasteiger partial charge in [-0.2, -0.15) is 0 Å². The topological polar surface area (TPSA) is 57.8 Å². The van der Waals surface area contributed by atoms with Gasteiger partial charge in [-0.1, -0.05) is 13.8 Å². The first-order valence-corrected chi connectivity index (χ1v) is 5.32. The molecule has 0 saturated heterocycles. The lowest BCUT2D eigenvalue weighted by Gasteiger charge is -2.16. The number of anilines is 1. The molecule has 0 aromatic carbocycles. The molecule has 1 aromatic heterocycles. The summed E-state index contributed by atoms with van der Waals surface area (Å²) in [6.45, 7) is 8.22. The molecular formula is C11H19N3O. The van der Waals surface area contributed by atoms with Crippen LogP contribution < -0.4 is 10.9 Å². The molecular weight excluding hydrogens is 190 g/mol. The predicted molar refractivity (Wildman–Crippen MR) is 62.1 cm³/mol. The summed E-state index contributed by atoms with van der Waals surface area (Å²) in [4.78, 5) is 18.0. The molecule has 1 heterocycles. The molecule has 0 aliphatic heterocycles. The maximum absolute atomic E-state index is 11.2. The molecule has 1 rings (SSSR count). The third-order valence-corrected chi connectivity index (χ3v) is 2.08. The highest BCUT2D eigenvalue weighted by Crippen LogP contribution is 2.09. The Balaban J connectivity index is 2.68. The van der Waals surface area contributed by atoms with E-state index in [0.29, 0.717) is 23.6 Å². The van der Waals surface area contributed by atoms with Gasteiger partial charge in [0.2, 0.25) is 0 Å². The van der Waals surface area contributed by atoms with Crippen LogP contribution in [0.3, 0.4) is 0 Å². The molecule has 0 amide bonds. The molecule has 1 atom stereocenters. The fraction of sp³-hybridized carbons (Fsp3) is 0.636. The molecule has 1 aromatic rings. The highest BCUT2D eigenvalue weighted by molar-refractivity contribution is 5.33. The lowest BCUT2D eigenvalue weighted by Crippen LogP contribution is -2.20. The molecule has 0 saturated carbocycles. The van der Waals surface area contributed by atoms with Crippen LogP contribution in [0.2, 0.25) is 0 Å². The minimum Gasteiger partial charge on any atom is -0.367 e. The summed E-state index contributed by atoms with van der Waals surface area (Å²) >= 11 is 0. The molecule has 0 aliphatic carbocycles. The Morgan fingerprint density at radius 2 is 2.13 bits per heavy atom. The van der Waals surface area contributed by atoms with Crippen molar-refractivity contribution < 1.29 is 0 Å². The minimum atomic E-state index is -0.109. The summed E-state index contributed by atoms with van der Waals surface area (Å²) < 4.78 is 0. The largest absolute Gasteiger partial charge is 0.367 e. The number of aryl methyl sites for hydroxylation is 1. The van der Waals surface area contributed by atoms with Gasteiger partial charge < -0.3 is 10.3 Å². The average Bonchev–Trinajstić information content (AvgIpc) is 1.98. The number of rotatable bonds is 4. The molecule has 1 unspecified atom stereocenters. The van der Waals surface area contributed by atoms with Gasteiger partial charge in [0.15, 0.2) is 0 Å². The number of H-pyrrole nitrogens is 1. The second-order valence-electron chi connectivity index (χ2n) is 4.39. The Hall–Kier alpha value is -1.32. The average molecular weight is 209 g/mol. The van der Waals surface area contributed by atoms with E-state index < -0.39 is 0 Å². The molecule has 84 valence electrons. The van der Waals surface area contributed by atoms with E-state index in [1.54, 1.807) is 6.92 Å². The van der Waals surface area contributed by atoms with Crippen molar-refractivity contribution in [3.8, 4) is 0 Å². The Morgan fingerprint density at radius 3 is 2.67 bits per heavy atom. The van der Waals surface area contributed by atoms with Crippen molar-refractivity contribution in [3.63, 3.8) is 0 Å². The summed E-state index contributed by atoms with van der Waals surface area (Å²) in [7, 11) is 0. The lowest BCUT2D eigenvalue weighted by atomic mass is 10.1. The minimum absolute atomic E-state index is 0.109. The summed E-state index contributed by atoms with van der Waals surface area (Å²) in [5.74, 6) is 1.93. The second-order valence-corrected chi connectivity index (χ2v) is 4.39. The van der Waals surface area contributed by atoms with Crippen molar-refractivity contribution in [1.29, 1.82) is 0 Å². The van der Waals surface area contributed by atoms with Crippen LogP contribution in [0.15, 0.2) is 10.9 Å². The fourth-order valence-corrected chi connectivity index (χ4v) is 1.67. The van der Waals surface area contributed by atoms with E-state index in [1.807, 2.05) is 0 Å². The Labute approximate surface area is 90.1 Å². The van der Waals surface area contributed by atoms with E-state index in [1.165, 1.54) is 6.07 Å². The first kappa shape index (κ1) is 11.8. The highest BCUT2D eigenvalue weighted by Gasteiger charge is 2.06. The van der Waals surface area contributed by atoms with Crippen molar-refractivity contribution >= 4 is 5.82 Å². The first-order valence-electron chi connectivity index (χ1n) is 5.32. The van der Waals surface area contributed by atoms with Gasteiger partial charge in [0.1, 0.15) is 11.6 Å². The van der Waals surface area contributed by atoms with Crippen LogP contribution in [-0.2, 0) is 0 Å². The van der Waals surface area contributed by atoms with Crippen LogP contribution in [0, 0.1) is 12.8 Å². The first-order chi connectivity index (χ1) is 6.97. The number of aromatic amines is 1. The van der Waals surface area contributed by atoms with Crippen molar-refractivity contribution in [3.05, 3.63) is 22.2 Å². The van der Waals surface area contributed by atoms with Gasteiger partial charge in [0, 0.05) is 12.1 Å². The van der Waals surface area contributed by atoms with Gasteiger partial charge in [0.05, 0.1) is 0 Å². The zero-order valence-electron chi connectivity index (χ0n) is 9.79. The number of hydrogen-bond donors (Lipinski definition) is 2. The highest BCUT2D eigenvalue weighted by atomic mass is 16.1. The van der Waals surface area contributed by atoms with E-state index >= 15 is 0 Å². The smallest absolute Gasteiger partial charge is 0.252 e. The summed E-state index contributed by atoms with van der Waals surface area (Å²) in [6, 6.07) is 1.82. The predicted octanol–water partition coefficient (Wildman–Crippen LogP) is 1.92. The van der Waals surface area contributed by atoms with E-state index in [0.717, 1.165) is 6.42 Å². The standard InChI is InChI=1S/C11H19N3O/c1-7(2)5-8(3)12-10-6-11(15)14-9(4)13-10/h6-8H,5H2,1-4H3,(H2,12,13,14,15). The van der Waals surface area contributed by atoms with Gasteiger partial charge in [-0.3, -0.25) is 4.79 Å². The van der Waals surface area contributed by atoms with Crippen LogP contribution in [0.1, 0.15) is 33.0 Å². The molecule has 0 radical (unpaired) electrons. The zero-order chi connectivity index (χ0) is 11.4. The van der Waals surface area contributed by atoms with Crippen LogP contribution in [0.5, 0.6) is 0 Å². The molecule has 0 aliphatic rings. The maximum atomic E-state index is 11.2. The summed E-state index contributed by atoms with van der Waals surface area (Å²) in [5.41, 5.74) is -0.109. The van der Waals surface area contributed by atoms with E-state index in [9.17, 15) is 4.79 Å². The third-order valence-electron chi connectivity index (χ3n) is 2.08. The van der Waals surface area contributed by atoms with E-state index in [-0.39, 0.29) is 5.56 Å². The van der Waals surface area contributed by atoms with Crippen molar-refractivity contribution in [2.24, 2.45) is 5.92 Å². The second kappa shape index (κ2) is 4.96. The van der Waals surface area contributed by atoms with Gasteiger partial charge in [-0.05, 0) is 26.2 Å². The van der Waals surface area contributed by atoms with Crippen LogP contribution >= 0.6 is 0 Å². The third kappa shape index (κ3) is 4.14. The normalized spacial score (nSPS) is 12.9. The molecule has 4 heteroatoms. The fourth-order valence-electron chi connectivity index (χ4n) is 1.67. The quantitative estimate of drug-likeness (QED) is 0.796. The Kier molecular flexibility index (Phi) is 3.88. The van der Waals surface area contributed by atoms with Crippen molar-refractivity contribution in [2.45, 2.75) is 40.2 Å². The van der Waals surface area contributed by atoms with Crippen molar-refractivity contribution in [1.82, 2.24) is 9.97 Å². The van der Waals surface area contributed by atoms with Gasteiger partial charge in [-0.25, -0.2) is 4.98 Å². The molecule has 0 spiro atoms. The van der Waals surface area contributed by atoms with Crippen LogP contribution in [0.4, 0.5) is 5.82 Å². The van der Waals surface area contributed by atoms with Crippen molar-refractivity contribution in [2.75, 3.05) is 5.32 Å². The number of nitrogens with one attached hydrogen (secondary N) is 2. The lowest BCUT2D eigenvalue weighted by molar-refractivity contribution is 0.538. The van der Waals surface area contributed by atoms with Gasteiger partial charge in [0.25, 0.3) is 5.56 Å². The van der Waals surface area contributed by atoms with E-state index in [2.05, 4.69) is 36.1 Å². The molecule has 4 nitrogen and oxygen atoms in total. The number of nitrogens with zero attached hydrogens (tertiary/aromatic N) is 1. The van der Waals surface area contributed by atoms with E-state index in [4.69, 9.17) is 0 Å².